The van der Waals surface area contributed by atoms with E-state index in [2.05, 4.69) is 36.6 Å². The average Bonchev–Trinajstić information content (AvgIpc) is 3.37. The maximum absolute atomic E-state index is 14.0. The summed E-state index contributed by atoms with van der Waals surface area (Å²) in [4.78, 5) is 11.9. The smallest absolute Gasteiger partial charge is 0.332 e. The minimum Gasteiger partial charge on any atom is -0.488 e. The standard InChI is InChI=1S/C35H38FNO5/c1-4-39-30(38)22-40-27-17-19-35(20-18-27)32-31-28(11-8-12-29(31)41-21-24-9-6-5-7-10-24)37(26-15-13-25(36)14-16-26)33(32)34(2,3)23-42-35/h5-16,27H,4,17-23H2,1-3H3. The molecule has 1 spiro atoms. The summed E-state index contributed by atoms with van der Waals surface area (Å²) in [5.74, 6) is 0.198. The highest BCUT2D eigenvalue weighted by Crippen LogP contribution is 2.55. The number of halogens is 1. The average molecular weight is 572 g/mol. The number of benzene rings is 3. The second-order valence-electron chi connectivity index (χ2n) is 11.9. The predicted molar refractivity (Wildman–Crippen MR) is 160 cm³/mol. The maximum Gasteiger partial charge on any atom is 0.332 e. The molecular formula is C35H38FNO5. The number of carbonyl (C=O) groups excluding carboxylic acids is 1. The molecule has 1 aliphatic heterocycles. The fraction of sp³-hybridized carbons (Fsp3) is 0.400. The van der Waals surface area contributed by atoms with Crippen LogP contribution in [0.2, 0.25) is 0 Å². The van der Waals surface area contributed by atoms with Gasteiger partial charge in [0, 0.05) is 27.7 Å². The van der Waals surface area contributed by atoms with E-state index >= 15 is 0 Å². The number of fused-ring (bicyclic) bond motifs is 4. The van der Waals surface area contributed by atoms with E-state index < -0.39 is 5.60 Å². The van der Waals surface area contributed by atoms with Crippen LogP contribution < -0.4 is 4.74 Å². The molecule has 4 aromatic rings. The normalized spacial score (nSPS) is 21.3. The van der Waals surface area contributed by atoms with Crippen molar-refractivity contribution in [1.29, 1.82) is 0 Å². The van der Waals surface area contributed by atoms with E-state index in [9.17, 15) is 9.18 Å². The molecule has 0 amide bonds. The summed E-state index contributed by atoms with van der Waals surface area (Å²) in [6.07, 6.45) is 2.98. The molecule has 1 aromatic heterocycles. The number of hydrogen-bond acceptors (Lipinski definition) is 5. The van der Waals surface area contributed by atoms with Crippen LogP contribution in [0.5, 0.6) is 5.75 Å². The number of aromatic nitrogens is 1. The number of carbonyl (C=O) groups is 1. The first-order chi connectivity index (χ1) is 20.3. The highest BCUT2D eigenvalue weighted by atomic mass is 19.1. The van der Waals surface area contributed by atoms with Gasteiger partial charge in [-0.25, -0.2) is 9.18 Å². The Morgan fingerprint density at radius 3 is 2.45 bits per heavy atom. The van der Waals surface area contributed by atoms with Crippen LogP contribution in [-0.2, 0) is 36.6 Å². The van der Waals surface area contributed by atoms with Crippen LogP contribution in [0, 0.1) is 5.82 Å². The van der Waals surface area contributed by atoms with Crippen LogP contribution in [-0.4, -0.2) is 36.5 Å². The van der Waals surface area contributed by atoms with Gasteiger partial charge in [0.15, 0.2) is 0 Å². The van der Waals surface area contributed by atoms with Crippen molar-refractivity contribution in [1.82, 2.24) is 4.57 Å². The molecule has 7 heteroatoms. The summed E-state index contributed by atoms with van der Waals surface area (Å²) in [6, 6.07) is 23.0. The molecule has 220 valence electrons. The SMILES string of the molecule is CCOC(=O)COC1CCC2(CC1)OCC(C)(C)c1c2c2c(OCc3ccccc3)cccc2n1-c1ccc(F)cc1. The molecule has 2 heterocycles. The molecule has 1 saturated carbocycles. The molecule has 0 atom stereocenters. The first-order valence-electron chi connectivity index (χ1n) is 14.8. The Bertz CT molecular complexity index is 1550. The third kappa shape index (κ3) is 5.32. The minimum atomic E-state index is -0.537. The van der Waals surface area contributed by atoms with Gasteiger partial charge in [0.2, 0.25) is 0 Å². The van der Waals surface area contributed by atoms with Crippen molar-refractivity contribution in [3.8, 4) is 11.4 Å². The minimum absolute atomic E-state index is 0.0357. The first kappa shape index (κ1) is 28.4. The van der Waals surface area contributed by atoms with Crippen molar-refractivity contribution < 1.29 is 28.1 Å². The predicted octanol–water partition coefficient (Wildman–Crippen LogP) is 7.37. The Morgan fingerprint density at radius 2 is 1.74 bits per heavy atom. The molecule has 0 bridgehead atoms. The van der Waals surface area contributed by atoms with Crippen LogP contribution in [0.4, 0.5) is 4.39 Å². The van der Waals surface area contributed by atoms with E-state index in [1.165, 1.54) is 12.1 Å². The molecule has 0 radical (unpaired) electrons. The highest BCUT2D eigenvalue weighted by Gasteiger charge is 2.50. The van der Waals surface area contributed by atoms with Gasteiger partial charge in [-0.15, -0.1) is 0 Å². The van der Waals surface area contributed by atoms with Crippen molar-refractivity contribution in [2.24, 2.45) is 0 Å². The summed E-state index contributed by atoms with van der Waals surface area (Å²) in [5.41, 5.74) is 4.46. The zero-order chi connectivity index (χ0) is 29.3. The Labute approximate surface area is 246 Å². The third-order valence-electron chi connectivity index (χ3n) is 8.57. The van der Waals surface area contributed by atoms with Crippen molar-refractivity contribution >= 4 is 16.9 Å². The molecule has 2 aliphatic rings. The summed E-state index contributed by atoms with van der Waals surface area (Å²) in [6.45, 7) is 7.50. The molecule has 6 rings (SSSR count). The van der Waals surface area contributed by atoms with Crippen molar-refractivity contribution in [3.63, 3.8) is 0 Å². The van der Waals surface area contributed by atoms with Gasteiger partial charge in [0.05, 0.1) is 30.4 Å². The summed E-state index contributed by atoms with van der Waals surface area (Å²) in [5, 5.41) is 1.03. The van der Waals surface area contributed by atoms with E-state index in [1.807, 2.05) is 42.5 Å². The van der Waals surface area contributed by atoms with Gasteiger partial charge >= 0.3 is 5.97 Å². The van der Waals surface area contributed by atoms with E-state index in [-0.39, 0.29) is 29.9 Å². The number of ether oxygens (including phenoxy) is 4. The lowest BCUT2D eigenvalue weighted by atomic mass is 9.71. The van der Waals surface area contributed by atoms with E-state index in [4.69, 9.17) is 18.9 Å². The highest BCUT2D eigenvalue weighted by molar-refractivity contribution is 5.94. The van der Waals surface area contributed by atoms with Crippen LogP contribution in [0.25, 0.3) is 16.6 Å². The Hall–Kier alpha value is -3.68. The summed E-state index contributed by atoms with van der Waals surface area (Å²) < 4.78 is 40.7. The van der Waals surface area contributed by atoms with Crippen molar-refractivity contribution in [2.45, 2.75) is 70.2 Å². The molecule has 42 heavy (non-hydrogen) atoms. The zero-order valence-corrected chi connectivity index (χ0v) is 24.5. The molecule has 3 aromatic carbocycles. The fourth-order valence-electron chi connectivity index (χ4n) is 6.57. The van der Waals surface area contributed by atoms with Crippen LogP contribution >= 0.6 is 0 Å². The van der Waals surface area contributed by atoms with Gasteiger partial charge < -0.3 is 23.5 Å². The number of hydrogen-bond donors (Lipinski definition) is 0. The Balaban J connectivity index is 1.46. The molecular weight excluding hydrogens is 533 g/mol. The fourth-order valence-corrected chi connectivity index (χ4v) is 6.57. The van der Waals surface area contributed by atoms with Gasteiger partial charge in [-0.05, 0) is 74.6 Å². The van der Waals surface area contributed by atoms with Crippen LogP contribution in [0.3, 0.4) is 0 Å². The largest absolute Gasteiger partial charge is 0.488 e. The summed E-state index contributed by atoms with van der Waals surface area (Å²) >= 11 is 0. The monoisotopic (exact) mass is 571 g/mol. The number of nitrogens with zero attached hydrogens (tertiary/aromatic N) is 1. The third-order valence-corrected chi connectivity index (χ3v) is 8.57. The molecule has 6 nitrogen and oxygen atoms in total. The number of rotatable bonds is 8. The quantitative estimate of drug-likeness (QED) is 0.207. The number of esters is 1. The van der Waals surface area contributed by atoms with E-state index in [0.717, 1.165) is 64.8 Å². The summed E-state index contributed by atoms with van der Waals surface area (Å²) in [7, 11) is 0. The second kappa shape index (κ2) is 11.5. The Morgan fingerprint density at radius 1 is 1.00 bits per heavy atom. The lowest BCUT2D eigenvalue weighted by Gasteiger charge is -2.47. The van der Waals surface area contributed by atoms with Gasteiger partial charge in [0.1, 0.15) is 24.8 Å². The topological polar surface area (TPSA) is 58.9 Å². The first-order valence-corrected chi connectivity index (χ1v) is 14.8. The van der Waals surface area contributed by atoms with E-state index in [0.29, 0.717) is 19.8 Å². The lowest BCUT2D eigenvalue weighted by Crippen LogP contribution is -2.46. The molecule has 0 unspecified atom stereocenters. The second-order valence-corrected chi connectivity index (χ2v) is 11.9. The van der Waals surface area contributed by atoms with Crippen LogP contribution in [0.15, 0.2) is 72.8 Å². The zero-order valence-electron chi connectivity index (χ0n) is 24.5. The Kier molecular flexibility index (Phi) is 7.81. The van der Waals surface area contributed by atoms with E-state index in [1.54, 1.807) is 6.92 Å². The van der Waals surface area contributed by atoms with Gasteiger partial charge in [-0.3, -0.25) is 0 Å². The van der Waals surface area contributed by atoms with Crippen molar-refractivity contribution in [2.75, 3.05) is 19.8 Å². The van der Waals surface area contributed by atoms with Gasteiger partial charge in [-0.1, -0.05) is 50.2 Å². The van der Waals surface area contributed by atoms with Crippen molar-refractivity contribution in [3.05, 3.63) is 95.4 Å². The molecule has 0 N–H and O–H groups in total. The lowest BCUT2D eigenvalue weighted by molar-refractivity contribution is -0.155. The van der Waals surface area contributed by atoms with Gasteiger partial charge in [-0.2, -0.15) is 0 Å². The maximum atomic E-state index is 14.0. The molecule has 1 aliphatic carbocycles. The molecule has 0 saturated heterocycles. The van der Waals surface area contributed by atoms with Gasteiger partial charge in [0.25, 0.3) is 0 Å². The van der Waals surface area contributed by atoms with Crippen LogP contribution in [0.1, 0.15) is 63.3 Å². The molecule has 1 fully saturated rings.